The Morgan fingerprint density at radius 1 is 1.04 bits per heavy atom. The lowest BCUT2D eigenvalue weighted by atomic mass is 10.2. The van der Waals surface area contributed by atoms with Crippen molar-refractivity contribution in [1.82, 2.24) is 24.6 Å². The zero-order valence-corrected chi connectivity index (χ0v) is 16.9. The first-order chi connectivity index (χ1) is 13.7. The molecule has 148 valence electrons. The maximum atomic E-state index is 5.77. The SMILES string of the molecule is CC.Cc1nc(-n2cccn2)ccc1N1CCN(Cc2ccnc(N)c2)CC1. The summed E-state index contributed by atoms with van der Waals surface area (Å²) in [7, 11) is 0. The van der Waals surface area contributed by atoms with E-state index in [1.807, 2.05) is 44.3 Å². The largest absolute Gasteiger partial charge is 0.384 e. The predicted octanol–water partition coefficient (Wildman–Crippen LogP) is 2.90. The maximum absolute atomic E-state index is 5.77. The summed E-state index contributed by atoms with van der Waals surface area (Å²) in [6.45, 7) is 11.0. The second kappa shape index (κ2) is 9.32. The first-order valence-corrected chi connectivity index (χ1v) is 9.84. The van der Waals surface area contributed by atoms with Gasteiger partial charge < -0.3 is 10.6 Å². The third-order valence-electron chi connectivity index (χ3n) is 4.75. The van der Waals surface area contributed by atoms with Crippen LogP contribution >= 0.6 is 0 Å². The van der Waals surface area contributed by atoms with Gasteiger partial charge in [-0.2, -0.15) is 5.10 Å². The smallest absolute Gasteiger partial charge is 0.153 e. The number of hydrogen-bond donors (Lipinski definition) is 1. The number of nitrogens with two attached hydrogens (primary N) is 1. The van der Waals surface area contributed by atoms with E-state index >= 15 is 0 Å². The normalized spacial score (nSPS) is 14.5. The van der Waals surface area contributed by atoms with Gasteiger partial charge in [0.25, 0.3) is 0 Å². The van der Waals surface area contributed by atoms with E-state index in [1.165, 1.54) is 11.3 Å². The fourth-order valence-electron chi connectivity index (χ4n) is 3.40. The summed E-state index contributed by atoms with van der Waals surface area (Å²) in [6, 6.07) is 10.1. The molecule has 0 aliphatic carbocycles. The van der Waals surface area contributed by atoms with Crippen molar-refractivity contribution in [2.24, 2.45) is 0 Å². The quantitative estimate of drug-likeness (QED) is 0.751. The van der Waals surface area contributed by atoms with Gasteiger partial charge >= 0.3 is 0 Å². The van der Waals surface area contributed by atoms with Gasteiger partial charge in [0.05, 0.1) is 11.4 Å². The van der Waals surface area contributed by atoms with Gasteiger partial charge in [-0.05, 0) is 42.8 Å². The van der Waals surface area contributed by atoms with Crippen molar-refractivity contribution in [1.29, 1.82) is 0 Å². The average molecular weight is 380 g/mol. The van der Waals surface area contributed by atoms with E-state index in [-0.39, 0.29) is 0 Å². The molecule has 28 heavy (non-hydrogen) atoms. The van der Waals surface area contributed by atoms with Crippen LogP contribution in [0.1, 0.15) is 25.1 Å². The van der Waals surface area contributed by atoms with Crippen LogP contribution in [0.25, 0.3) is 5.82 Å². The summed E-state index contributed by atoms with van der Waals surface area (Å²) in [5.74, 6) is 1.44. The van der Waals surface area contributed by atoms with Gasteiger partial charge in [-0.1, -0.05) is 13.8 Å². The minimum Gasteiger partial charge on any atom is -0.384 e. The van der Waals surface area contributed by atoms with Gasteiger partial charge in [0.1, 0.15) is 5.82 Å². The molecule has 7 nitrogen and oxygen atoms in total. The van der Waals surface area contributed by atoms with Crippen molar-refractivity contribution in [2.45, 2.75) is 27.3 Å². The summed E-state index contributed by atoms with van der Waals surface area (Å²) >= 11 is 0. The number of hydrogen-bond acceptors (Lipinski definition) is 6. The van der Waals surface area contributed by atoms with E-state index < -0.39 is 0 Å². The number of piperazine rings is 1. The summed E-state index contributed by atoms with van der Waals surface area (Å²) in [4.78, 5) is 13.6. The van der Waals surface area contributed by atoms with Crippen molar-refractivity contribution in [3.63, 3.8) is 0 Å². The Labute approximate surface area is 166 Å². The minimum absolute atomic E-state index is 0.583. The second-order valence-electron chi connectivity index (χ2n) is 6.58. The van der Waals surface area contributed by atoms with Gasteiger partial charge in [0, 0.05) is 51.3 Å². The minimum atomic E-state index is 0.583. The molecule has 0 amide bonds. The molecule has 0 spiro atoms. The number of aromatic nitrogens is 4. The molecule has 1 aliphatic rings. The molecule has 0 bridgehead atoms. The van der Waals surface area contributed by atoms with Crippen LogP contribution in [0.15, 0.2) is 48.9 Å². The molecule has 0 saturated carbocycles. The van der Waals surface area contributed by atoms with Gasteiger partial charge in [-0.25, -0.2) is 14.6 Å². The second-order valence-corrected chi connectivity index (χ2v) is 6.58. The molecule has 1 saturated heterocycles. The highest BCUT2D eigenvalue weighted by atomic mass is 15.3. The molecule has 1 aliphatic heterocycles. The highest BCUT2D eigenvalue weighted by molar-refractivity contribution is 5.52. The Morgan fingerprint density at radius 3 is 2.46 bits per heavy atom. The van der Waals surface area contributed by atoms with Crippen LogP contribution < -0.4 is 10.6 Å². The lowest BCUT2D eigenvalue weighted by molar-refractivity contribution is 0.249. The van der Waals surface area contributed by atoms with E-state index in [0.29, 0.717) is 5.82 Å². The van der Waals surface area contributed by atoms with Crippen LogP contribution in [0, 0.1) is 6.92 Å². The summed E-state index contributed by atoms with van der Waals surface area (Å²) < 4.78 is 1.79. The molecule has 3 aromatic heterocycles. The zero-order valence-electron chi connectivity index (χ0n) is 16.9. The van der Waals surface area contributed by atoms with Crippen LogP contribution in [0.5, 0.6) is 0 Å². The number of anilines is 2. The summed E-state index contributed by atoms with van der Waals surface area (Å²) in [5, 5.41) is 4.25. The molecular formula is C21H29N7. The molecule has 0 radical (unpaired) electrons. The fourth-order valence-corrected chi connectivity index (χ4v) is 3.40. The lowest BCUT2D eigenvalue weighted by Crippen LogP contribution is -2.46. The number of aryl methyl sites for hydroxylation is 1. The van der Waals surface area contributed by atoms with E-state index in [1.54, 1.807) is 17.1 Å². The molecule has 3 aromatic rings. The van der Waals surface area contributed by atoms with Crippen LogP contribution in [0.3, 0.4) is 0 Å². The number of nitrogen functional groups attached to an aromatic ring is 1. The van der Waals surface area contributed by atoms with E-state index in [4.69, 9.17) is 10.7 Å². The third kappa shape index (κ3) is 4.67. The number of pyridine rings is 2. The van der Waals surface area contributed by atoms with Crippen molar-refractivity contribution < 1.29 is 0 Å². The molecule has 0 unspecified atom stereocenters. The van der Waals surface area contributed by atoms with E-state index in [2.05, 4.69) is 32.9 Å². The van der Waals surface area contributed by atoms with E-state index in [0.717, 1.165) is 44.2 Å². The van der Waals surface area contributed by atoms with Crippen LogP contribution in [-0.2, 0) is 6.54 Å². The summed E-state index contributed by atoms with van der Waals surface area (Å²) in [6.07, 6.45) is 5.45. The topological polar surface area (TPSA) is 76.1 Å². The lowest BCUT2D eigenvalue weighted by Gasteiger charge is -2.36. The summed E-state index contributed by atoms with van der Waals surface area (Å²) in [5.41, 5.74) is 9.23. The maximum Gasteiger partial charge on any atom is 0.153 e. The van der Waals surface area contributed by atoms with Crippen LogP contribution in [0.4, 0.5) is 11.5 Å². The molecule has 7 heteroatoms. The molecule has 4 rings (SSSR count). The molecule has 1 fully saturated rings. The van der Waals surface area contributed by atoms with Gasteiger partial charge in [0.15, 0.2) is 5.82 Å². The monoisotopic (exact) mass is 379 g/mol. The Morgan fingerprint density at radius 2 is 1.82 bits per heavy atom. The van der Waals surface area contributed by atoms with Crippen molar-refractivity contribution in [2.75, 3.05) is 36.8 Å². The van der Waals surface area contributed by atoms with Crippen molar-refractivity contribution in [3.8, 4) is 5.82 Å². The van der Waals surface area contributed by atoms with Crippen LogP contribution in [0.2, 0.25) is 0 Å². The first kappa shape index (κ1) is 19.8. The molecule has 0 atom stereocenters. The van der Waals surface area contributed by atoms with Gasteiger partial charge in [-0.3, -0.25) is 4.90 Å². The zero-order chi connectivity index (χ0) is 19.9. The van der Waals surface area contributed by atoms with E-state index in [9.17, 15) is 0 Å². The highest BCUT2D eigenvalue weighted by Gasteiger charge is 2.19. The van der Waals surface area contributed by atoms with Gasteiger partial charge in [0.2, 0.25) is 0 Å². The number of nitrogens with zero attached hydrogens (tertiary/aromatic N) is 6. The molecule has 4 heterocycles. The Bertz CT molecular complexity index is 868. The van der Waals surface area contributed by atoms with Gasteiger partial charge in [-0.15, -0.1) is 0 Å². The van der Waals surface area contributed by atoms with Crippen molar-refractivity contribution in [3.05, 3.63) is 60.2 Å². The molecule has 2 N–H and O–H groups in total. The van der Waals surface area contributed by atoms with Crippen LogP contribution in [-0.4, -0.2) is 50.8 Å². The highest BCUT2D eigenvalue weighted by Crippen LogP contribution is 2.22. The molecule has 0 aromatic carbocycles. The predicted molar refractivity (Wildman–Crippen MR) is 114 cm³/mol. The van der Waals surface area contributed by atoms with Crippen molar-refractivity contribution >= 4 is 11.5 Å². The Kier molecular flexibility index (Phi) is 6.60. The Balaban J connectivity index is 0.00000109. The average Bonchev–Trinajstić information content (AvgIpc) is 3.25. The third-order valence-corrected chi connectivity index (χ3v) is 4.75. The molecular weight excluding hydrogens is 350 g/mol. The Hall–Kier alpha value is -2.93. The fraction of sp³-hybridized carbons (Fsp3) is 0.381. The number of rotatable bonds is 4. The standard InChI is InChI=1S/C19H23N7.C2H6/c1-15-17(3-4-19(23-15)26-8-2-6-22-26)25-11-9-24(10-12-25)14-16-5-7-21-18(20)13-16;1-2/h2-8,13H,9-12,14H2,1H3,(H2,20,21);1-2H3. The first-order valence-electron chi connectivity index (χ1n) is 9.84.